The number of furan rings is 2. The van der Waals surface area contributed by atoms with E-state index in [9.17, 15) is 0 Å². The molecule has 4 nitrogen and oxygen atoms in total. The lowest BCUT2D eigenvalue weighted by atomic mass is 9.81. The Labute approximate surface area is 399 Å². The molecular formula is C66H40N2O2. The van der Waals surface area contributed by atoms with E-state index in [4.69, 9.17) is 8.83 Å². The third-order valence-electron chi connectivity index (χ3n) is 17.6. The van der Waals surface area contributed by atoms with E-state index >= 15 is 0 Å². The largest absolute Gasteiger partial charge is 0.456 e. The van der Waals surface area contributed by atoms with Crippen LogP contribution in [0.2, 0.25) is 0 Å². The highest BCUT2D eigenvalue weighted by Gasteiger charge is 2.39. The SMILES string of the molecule is CC1(C)c2ccccc2-c2cc3c4cccc5c6cc7c(cc6n(c3cc21)c45)C(C)(C)c1cc(-c2cccc3c2oc2cc4c5cccc6c8cc9oc%10ccccc%10c9cc8n(c4cc23)c65)ccc1-7. The molecule has 0 amide bonds. The summed E-state index contributed by atoms with van der Waals surface area (Å²) in [5.74, 6) is 0. The van der Waals surface area contributed by atoms with Gasteiger partial charge in [0.15, 0.2) is 0 Å². The number of benzene rings is 10. The normalized spacial score (nSPS) is 15.1. The first kappa shape index (κ1) is 36.4. The van der Waals surface area contributed by atoms with E-state index in [-0.39, 0.29) is 10.8 Å². The van der Waals surface area contributed by atoms with Gasteiger partial charge in [-0.15, -0.1) is 0 Å². The van der Waals surface area contributed by atoms with Crippen LogP contribution >= 0.6 is 0 Å². The molecule has 0 radical (unpaired) electrons. The number of hydrogen-bond donors (Lipinski definition) is 0. The average molecular weight is 893 g/mol. The van der Waals surface area contributed by atoms with Crippen LogP contribution in [0.3, 0.4) is 0 Å². The molecule has 0 bridgehead atoms. The lowest BCUT2D eigenvalue weighted by Crippen LogP contribution is -2.15. The molecule has 0 spiro atoms. The van der Waals surface area contributed by atoms with Crippen LogP contribution in [0.5, 0.6) is 0 Å². The van der Waals surface area contributed by atoms with E-state index in [1.807, 2.05) is 6.07 Å². The summed E-state index contributed by atoms with van der Waals surface area (Å²) in [5, 5.41) is 14.7. The van der Waals surface area contributed by atoms with E-state index in [0.29, 0.717) is 0 Å². The average Bonchev–Trinajstić information content (AvgIpc) is 4.27. The van der Waals surface area contributed by atoms with Crippen molar-refractivity contribution in [1.29, 1.82) is 0 Å². The molecule has 16 aromatic rings. The number of rotatable bonds is 1. The van der Waals surface area contributed by atoms with Crippen molar-refractivity contribution in [2.45, 2.75) is 38.5 Å². The fraction of sp³-hybridized carbons (Fsp3) is 0.0909. The highest BCUT2D eigenvalue weighted by atomic mass is 16.3. The van der Waals surface area contributed by atoms with Gasteiger partial charge in [0.2, 0.25) is 0 Å². The zero-order valence-corrected chi connectivity index (χ0v) is 38.9. The summed E-state index contributed by atoms with van der Waals surface area (Å²) in [4.78, 5) is 0. The molecule has 6 aromatic heterocycles. The molecule has 0 fully saturated rings. The van der Waals surface area contributed by atoms with E-state index < -0.39 is 0 Å². The monoisotopic (exact) mass is 892 g/mol. The van der Waals surface area contributed by atoms with Crippen LogP contribution in [0.1, 0.15) is 49.9 Å². The Balaban J connectivity index is 0.809. The minimum absolute atomic E-state index is 0.0739. The Kier molecular flexibility index (Phi) is 6.05. The molecule has 18 rings (SSSR count). The first-order chi connectivity index (χ1) is 34.2. The van der Waals surface area contributed by atoms with E-state index in [2.05, 4.69) is 200 Å². The molecule has 0 saturated carbocycles. The first-order valence-electron chi connectivity index (χ1n) is 24.7. The predicted octanol–water partition coefficient (Wildman–Crippen LogP) is 18.1. The Morgan fingerprint density at radius 2 is 0.771 bits per heavy atom. The lowest BCUT2D eigenvalue weighted by Gasteiger charge is -2.22. The van der Waals surface area contributed by atoms with Crippen LogP contribution in [0.4, 0.5) is 0 Å². The molecule has 6 heterocycles. The van der Waals surface area contributed by atoms with Crippen molar-refractivity contribution in [3.05, 3.63) is 192 Å². The molecule has 70 heavy (non-hydrogen) atoms. The second-order valence-corrected chi connectivity index (χ2v) is 21.6. The number of para-hydroxylation sites is 4. The fourth-order valence-corrected chi connectivity index (χ4v) is 14.3. The number of fused-ring (bicyclic) bond motifs is 24. The summed E-state index contributed by atoms with van der Waals surface area (Å²) in [6.45, 7) is 9.59. The zero-order valence-electron chi connectivity index (χ0n) is 38.9. The molecule has 10 aromatic carbocycles. The van der Waals surface area contributed by atoms with Crippen molar-refractivity contribution in [3.63, 3.8) is 0 Å². The zero-order chi connectivity index (χ0) is 45.8. The third-order valence-corrected chi connectivity index (χ3v) is 17.6. The van der Waals surface area contributed by atoms with Gasteiger partial charge in [-0.1, -0.05) is 137 Å². The first-order valence-corrected chi connectivity index (χ1v) is 24.7. The van der Waals surface area contributed by atoms with Gasteiger partial charge in [0.25, 0.3) is 0 Å². The fourth-order valence-electron chi connectivity index (χ4n) is 14.3. The van der Waals surface area contributed by atoms with Gasteiger partial charge in [-0.2, -0.15) is 0 Å². The maximum absolute atomic E-state index is 7.03. The van der Waals surface area contributed by atoms with Crippen LogP contribution in [-0.2, 0) is 10.8 Å². The van der Waals surface area contributed by atoms with Gasteiger partial charge in [0, 0.05) is 81.0 Å². The van der Waals surface area contributed by atoms with Crippen LogP contribution < -0.4 is 0 Å². The van der Waals surface area contributed by atoms with Crippen molar-refractivity contribution in [3.8, 4) is 33.4 Å². The summed E-state index contributed by atoms with van der Waals surface area (Å²) < 4.78 is 18.5. The van der Waals surface area contributed by atoms with Crippen molar-refractivity contribution in [2.75, 3.05) is 0 Å². The van der Waals surface area contributed by atoms with Gasteiger partial charge in [0.1, 0.15) is 22.3 Å². The van der Waals surface area contributed by atoms with Crippen molar-refractivity contribution < 1.29 is 8.83 Å². The maximum atomic E-state index is 7.03. The topological polar surface area (TPSA) is 35.1 Å². The quantitative estimate of drug-likeness (QED) is 0.165. The van der Waals surface area contributed by atoms with Gasteiger partial charge < -0.3 is 17.6 Å². The maximum Gasteiger partial charge on any atom is 0.143 e. The van der Waals surface area contributed by atoms with Gasteiger partial charge in [0.05, 0.1) is 33.1 Å². The standard InChI is InChI=1S/C66H40N2O2/c1-65(2)51-20-7-5-12-35(51)43-25-45-38-15-10-16-39-46-26-44-36-23-22-33(24-52(36)66(3,4)54(44)32-58(46)68(62(38)39)57(45)31-53(43)65)34-14-9-19-42-50-28-56-48(30-61(50)70-64(34)42)41-18-11-17-40-47-29-60-49(27-55(47)67(56)63(40)41)37-13-6-8-21-59(37)69-60/h5-32H,1-4H3. The lowest BCUT2D eigenvalue weighted by molar-refractivity contribution is 0.660. The molecule has 0 aliphatic heterocycles. The van der Waals surface area contributed by atoms with E-state index in [1.54, 1.807) is 0 Å². The van der Waals surface area contributed by atoms with Crippen LogP contribution in [0, 0.1) is 0 Å². The second kappa shape index (κ2) is 11.6. The summed E-state index contributed by atoms with van der Waals surface area (Å²) in [6.07, 6.45) is 0. The third kappa shape index (κ3) is 4.02. The minimum atomic E-state index is -0.230. The molecule has 0 unspecified atom stereocenters. The Morgan fingerprint density at radius 3 is 1.44 bits per heavy atom. The second-order valence-electron chi connectivity index (χ2n) is 21.6. The molecule has 0 saturated heterocycles. The minimum Gasteiger partial charge on any atom is -0.456 e. The van der Waals surface area contributed by atoms with Gasteiger partial charge in [-0.25, -0.2) is 0 Å². The Bertz CT molecular complexity index is 5120. The van der Waals surface area contributed by atoms with E-state index in [0.717, 1.165) is 49.4 Å². The molecule has 0 atom stereocenters. The van der Waals surface area contributed by atoms with Crippen molar-refractivity contribution >= 4 is 120 Å². The number of aromatic nitrogens is 2. The highest BCUT2D eigenvalue weighted by molar-refractivity contribution is 6.28. The molecule has 326 valence electrons. The van der Waals surface area contributed by atoms with Crippen molar-refractivity contribution in [2.24, 2.45) is 0 Å². The van der Waals surface area contributed by atoms with Gasteiger partial charge in [-0.05, 0) is 111 Å². The molecule has 2 aliphatic carbocycles. The summed E-state index contributed by atoms with van der Waals surface area (Å²) >= 11 is 0. The van der Waals surface area contributed by atoms with Crippen LogP contribution in [0.15, 0.2) is 179 Å². The number of nitrogens with zero attached hydrogens (tertiary/aromatic N) is 2. The molecule has 2 aliphatic rings. The van der Waals surface area contributed by atoms with Crippen molar-refractivity contribution in [1.82, 2.24) is 8.80 Å². The molecular weight excluding hydrogens is 853 g/mol. The van der Waals surface area contributed by atoms with Crippen LogP contribution in [0.25, 0.3) is 153 Å². The van der Waals surface area contributed by atoms with Gasteiger partial charge in [-0.3, -0.25) is 0 Å². The Hall–Kier alpha value is -8.60. The summed E-state index contributed by atoms with van der Waals surface area (Å²) in [7, 11) is 0. The van der Waals surface area contributed by atoms with Gasteiger partial charge >= 0.3 is 0 Å². The van der Waals surface area contributed by atoms with E-state index in [1.165, 1.54) is 126 Å². The van der Waals surface area contributed by atoms with Crippen LogP contribution in [-0.4, -0.2) is 8.80 Å². The predicted molar refractivity (Wildman–Crippen MR) is 291 cm³/mol. The summed E-state index contributed by atoms with van der Waals surface area (Å²) in [6, 6.07) is 64.0. The Morgan fingerprint density at radius 1 is 0.300 bits per heavy atom. The molecule has 0 N–H and O–H groups in total. The summed E-state index contributed by atoms with van der Waals surface area (Å²) in [5.41, 5.74) is 24.1. The number of hydrogen-bond acceptors (Lipinski definition) is 2. The highest BCUT2D eigenvalue weighted by Crippen LogP contribution is 2.55. The molecule has 4 heteroatoms. The smallest absolute Gasteiger partial charge is 0.143 e.